The van der Waals surface area contributed by atoms with Gasteiger partial charge >= 0.3 is 0 Å². The number of aryl methyl sites for hydroxylation is 1. The van der Waals surface area contributed by atoms with Crippen molar-refractivity contribution >= 4 is 10.8 Å². The van der Waals surface area contributed by atoms with Gasteiger partial charge in [-0.3, -0.25) is 0 Å². The van der Waals surface area contributed by atoms with Gasteiger partial charge in [0.15, 0.2) is 0 Å². The molecule has 2 rings (SSSR count). The Morgan fingerprint density at radius 1 is 1.00 bits per heavy atom. The minimum Gasteiger partial charge on any atom is -0.313 e. The average molecular weight is 227 g/mol. The Morgan fingerprint density at radius 3 is 2.59 bits per heavy atom. The molecule has 1 heteroatoms. The van der Waals surface area contributed by atoms with E-state index in [1.54, 1.807) is 0 Å². The highest BCUT2D eigenvalue weighted by Crippen LogP contribution is 2.23. The quantitative estimate of drug-likeness (QED) is 0.816. The van der Waals surface area contributed by atoms with Gasteiger partial charge in [-0.2, -0.15) is 0 Å². The smallest absolute Gasteiger partial charge is 0.0208 e. The van der Waals surface area contributed by atoms with Gasteiger partial charge in [-0.1, -0.05) is 56.7 Å². The molecular formula is C16H21N. The van der Waals surface area contributed by atoms with Crippen molar-refractivity contribution in [3.05, 3.63) is 47.5 Å². The van der Waals surface area contributed by atoms with Gasteiger partial charge in [-0.25, -0.2) is 0 Å². The van der Waals surface area contributed by atoms with Crippen LogP contribution in [0.4, 0.5) is 0 Å². The minimum atomic E-state index is 0.983. The minimum absolute atomic E-state index is 0.983. The lowest BCUT2D eigenvalue weighted by molar-refractivity contribution is 0.719. The summed E-state index contributed by atoms with van der Waals surface area (Å²) in [6, 6.07) is 13.2. The zero-order chi connectivity index (χ0) is 12.1. The van der Waals surface area contributed by atoms with Crippen LogP contribution in [0.25, 0.3) is 10.8 Å². The Kier molecular flexibility index (Phi) is 4.16. The second kappa shape index (κ2) is 5.83. The van der Waals surface area contributed by atoms with Crippen LogP contribution >= 0.6 is 0 Å². The lowest BCUT2D eigenvalue weighted by atomic mass is 9.95. The maximum Gasteiger partial charge on any atom is 0.0208 e. The first-order chi connectivity index (χ1) is 8.36. The second-order valence-electron chi connectivity index (χ2n) is 4.45. The molecule has 0 heterocycles. The summed E-state index contributed by atoms with van der Waals surface area (Å²) in [4.78, 5) is 0. The Balaban J connectivity index is 2.47. The first kappa shape index (κ1) is 12.1. The van der Waals surface area contributed by atoms with Crippen molar-refractivity contribution < 1.29 is 0 Å². The summed E-state index contributed by atoms with van der Waals surface area (Å²) in [6.07, 6.45) is 2.37. The summed E-state index contributed by atoms with van der Waals surface area (Å²) in [7, 11) is 0. The topological polar surface area (TPSA) is 12.0 Å². The van der Waals surface area contributed by atoms with Gasteiger partial charge in [0.05, 0.1) is 0 Å². The summed E-state index contributed by atoms with van der Waals surface area (Å²) in [5.74, 6) is 0. The second-order valence-corrected chi connectivity index (χ2v) is 4.45. The molecule has 1 N–H and O–H groups in total. The third-order valence-electron chi connectivity index (χ3n) is 3.20. The van der Waals surface area contributed by atoms with Crippen LogP contribution in [0.3, 0.4) is 0 Å². The predicted molar refractivity (Wildman–Crippen MR) is 75.3 cm³/mol. The summed E-state index contributed by atoms with van der Waals surface area (Å²) >= 11 is 0. The van der Waals surface area contributed by atoms with Crippen molar-refractivity contribution in [1.82, 2.24) is 5.32 Å². The van der Waals surface area contributed by atoms with Crippen LogP contribution in [0.5, 0.6) is 0 Å². The Hall–Kier alpha value is -1.34. The summed E-state index contributed by atoms with van der Waals surface area (Å²) in [6.45, 7) is 6.41. The molecule has 0 unspecified atom stereocenters. The Labute approximate surface area is 104 Å². The molecule has 0 bridgehead atoms. The van der Waals surface area contributed by atoms with Crippen LogP contribution in [0.1, 0.15) is 31.4 Å². The maximum atomic E-state index is 3.43. The van der Waals surface area contributed by atoms with Crippen LogP contribution < -0.4 is 5.32 Å². The standard InChI is InChI=1S/C16H21N/c1-3-7-15-14(12-17-4-2)11-10-13-8-5-6-9-16(13)15/h5-6,8-11,17H,3-4,7,12H2,1-2H3. The first-order valence-electron chi connectivity index (χ1n) is 6.57. The summed E-state index contributed by atoms with van der Waals surface area (Å²) in [5, 5.41) is 6.21. The van der Waals surface area contributed by atoms with Crippen molar-refractivity contribution in [3.8, 4) is 0 Å². The maximum absolute atomic E-state index is 3.43. The number of hydrogen-bond acceptors (Lipinski definition) is 1. The van der Waals surface area contributed by atoms with Gasteiger partial charge in [0.2, 0.25) is 0 Å². The van der Waals surface area contributed by atoms with E-state index in [0.717, 1.165) is 13.1 Å². The number of hydrogen-bond donors (Lipinski definition) is 1. The third-order valence-corrected chi connectivity index (χ3v) is 3.20. The molecule has 0 atom stereocenters. The van der Waals surface area contributed by atoms with E-state index in [-0.39, 0.29) is 0 Å². The summed E-state index contributed by atoms with van der Waals surface area (Å²) < 4.78 is 0. The van der Waals surface area contributed by atoms with Gasteiger partial charge in [-0.05, 0) is 34.9 Å². The Morgan fingerprint density at radius 2 is 1.82 bits per heavy atom. The molecular weight excluding hydrogens is 206 g/mol. The van der Waals surface area contributed by atoms with Crippen molar-refractivity contribution in [2.24, 2.45) is 0 Å². The fourth-order valence-corrected chi connectivity index (χ4v) is 2.35. The van der Waals surface area contributed by atoms with Crippen LogP contribution in [-0.2, 0) is 13.0 Å². The van der Waals surface area contributed by atoms with Crippen LogP contribution in [0, 0.1) is 0 Å². The summed E-state index contributed by atoms with van der Waals surface area (Å²) in [5.41, 5.74) is 2.97. The molecule has 0 fully saturated rings. The number of benzene rings is 2. The highest BCUT2D eigenvalue weighted by molar-refractivity contribution is 5.86. The molecule has 0 radical (unpaired) electrons. The molecule has 0 amide bonds. The van der Waals surface area contributed by atoms with Gasteiger partial charge < -0.3 is 5.32 Å². The van der Waals surface area contributed by atoms with E-state index in [1.807, 2.05) is 0 Å². The highest BCUT2D eigenvalue weighted by Gasteiger charge is 2.05. The van der Waals surface area contributed by atoms with E-state index in [0.29, 0.717) is 0 Å². The molecule has 2 aromatic rings. The van der Waals surface area contributed by atoms with Gasteiger partial charge in [0.1, 0.15) is 0 Å². The van der Waals surface area contributed by atoms with Crippen molar-refractivity contribution in [1.29, 1.82) is 0 Å². The van der Waals surface area contributed by atoms with Gasteiger partial charge in [-0.15, -0.1) is 0 Å². The molecule has 2 aromatic carbocycles. The first-order valence-corrected chi connectivity index (χ1v) is 6.57. The van der Waals surface area contributed by atoms with E-state index in [2.05, 4.69) is 55.6 Å². The van der Waals surface area contributed by atoms with Crippen molar-refractivity contribution in [2.45, 2.75) is 33.2 Å². The zero-order valence-electron chi connectivity index (χ0n) is 10.8. The van der Waals surface area contributed by atoms with Crippen molar-refractivity contribution in [3.63, 3.8) is 0 Å². The molecule has 0 saturated heterocycles. The van der Waals surface area contributed by atoms with Crippen LogP contribution in [-0.4, -0.2) is 6.54 Å². The molecule has 0 saturated carbocycles. The van der Waals surface area contributed by atoms with E-state index in [9.17, 15) is 0 Å². The van der Waals surface area contributed by atoms with Gasteiger partial charge in [0.25, 0.3) is 0 Å². The average Bonchev–Trinajstić information content (AvgIpc) is 2.38. The van der Waals surface area contributed by atoms with E-state index in [4.69, 9.17) is 0 Å². The molecule has 0 spiro atoms. The number of fused-ring (bicyclic) bond motifs is 1. The molecule has 0 aliphatic carbocycles. The number of rotatable bonds is 5. The lowest BCUT2D eigenvalue weighted by Crippen LogP contribution is -2.13. The molecule has 0 aliphatic heterocycles. The van der Waals surface area contributed by atoms with Gasteiger partial charge in [0, 0.05) is 6.54 Å². The van der Waals surface area contributed by atoms with E-state index >= 15 is 0 Å². The monoisotopic (exact) mass is 227 g/mol. The molecule has 90 valence electrons. The fourth-order valence-electron chi connectivity index (χ4n) is 2.35. The molecule has 1 nitrogen and oxygen atoms in total. The molecule has 0 aromatic heterocycles. The van der Waals surface area contributed by atoms with Crippen LogP contribution in [0.2, 0.25) is 0 Å². The highest BCUT2D eigenvalue weighted by atomic mass is 14.8. The molecule has 0 aliphatic rings. The molecule has 17 heavy (non-hydrogen) atoms. The van der Waals surface area contributed by atoms with E-state index in [1.165, 1.54) is 34.7 Å². The van der Waals surface area contributed by atoms with Crippen LogP contribution in [0.15, 0.2) is 36.4 Å². The van der Waals surface area contributed by atoms with E-state index < -0.39 is 0 Å². The predicted octanol–water partition coefficient (Wildman–Crippen LogP) is 3.90. The van der Waals surface area contributed by atoms with Crippen molar-refractivity contribution in [2.75, 3.05) is 6.54 Å². The lowest BCUT2D eigenvalue weighted by Gasteiger charge is -2.13. The zero-order valence-corrected chi connectivity index (χ0v) is 10.8. The Bertz CT molecular complexity index is 488. The normalized spacial score (nSPS) is 10.9. The fraction of sp³-hybridized carbons (Fsp3) is 0.375. The third kappa shape index (κ3) is 2.67. The number of nitrogens with one attached hydrogen (secondary N) is 1. The largest absolute Gasteiger partial charge is 0.313 e. The SMILES string of the molecule is CCCc1c(CNCC)ccc2ccccc12.